The lowest BCUT2D eigenvalue weighted by Crippen LogP contribution is -2.39. The van der Waals surface area contributed by atoms with Crippen LogP contribution in [-0.4, -0.2) is 16.7 Å². The average Bonchev–Trinajstić information content (AvgIpc) is 3.10. The Bertz CT molecular complexity index is 591. The fraction of sp³-hybridized carbons (Fsp3) is 0.333. The third-order valence-electron chi connectivity index (χ3n) is 3.21. The van der Waals surface area contributed by atoms with Crippen molar-refractivity contribution in [3.05, 3.63) is 52.5 Å². The minimum Gasteiger partial charge on any atom is -0.354 e. The average molecular weight is 303 g/mol. The molecule has 0 saturated carbocycles. The summed E-state index contributed by atoms with van der Waals surface area (Å²) in [5.41, 5.74) is 1.16. The number of hydrogen-bond acceptors (Lipinski definition) is 5. The normalized spacial score (nSPS) is 18.9. The summed E-state index contributed by atoms with van der Waals surface area (Å²) in [7, 11) is 0. The maximum atomic E-state index is 4.63. The van der Waals surface area contributed by atoms with Crippen LogP contribution in [0, 0.1) is 0 Å². The molecule has 1 aliphatic heterocycles. The zero-order valence-corrected chi connectivity index (χ0v) is 13.2. The molecule has 0 radical (unpaired) electrons. The molecule has 1 N–H and O–H groups in total. The summed E-state index contributed by atoms with van der Waals surface area (Å²) in [6.07, 6.45) is 1.85. The van der Waals surface area contributed by atoms with Gasteiger partial charge in [0.25, 0.3) is 0 Å². The number of aliphatic imine (C=N–C) groups is 1. The minimum atomic E-state index is -0.175. The quantitative estimate of drug-likeness (QED) is 0.937. The predicted molar refractivity (Wildman–Crippen MR) is 87.4 cm³/mol. The lowest BCUT2D eigenvalue weighted by molar-refractivity contribution is 0.487. The second kappa shape index (κ2) is 5.58. The summed E-state index contributed by atoms with van der Waals surface area (Å²) < 4.78 is 0. The van der Waals surface area contributed by atoms with Crippen LogP contribution < -0.4 is 5.32 Å². The van der Waals surface area contributed by atoms with Crippen molar-refractivity contribution in [2.24, 2.45) is 4.99 Å². The van der Waals surface area contributed by atoms with Crippen LogP contribution in [0.15, 0.2) is 46.9 Å². The van der Waals surface area contributed by atoms with Crippen LogP contribution >= 0.6 is 23.1 Å². The second-order valence-electron chi connectivity index (χ2n) is 5.25. The Kier molecular flexibility index (Phi) is 3.81. The number of thiazole rings is 1. The second-order valence-corrected chi connectivity index (χ2v) is 7.34. The fourth-order valence-corrected chi connectivity index (χ4v) is 4.03. The summed E-state index contributed by atoms with van der Waals surface area (Å²) in [5.74, 6) is 0. The van der Waals surface area contributed by atoms with Gasteiger partial charge in [-0.3, -0.25) is 4.99 Å². The molecule has 0 spiro atoms. The molecule has 5 heteroatoms. The first-order chi connectivity index (χ1) is 9.65. The first-order valence-electron chi connectivity index (χ1n) is 6.59. The molecule has 0 aliphatic carbocycles. The van der Waals surface area contributed by atoms with E-state index in [0.717, 1.165) is 16.7 Å². The molecular weight excluding hydrogens is 286 g/mol. The van der Waals surface area contributed by atoms with Gasteiger partial charge in [0.1, 0.15) is 5.01 Å². The van der Waals surface area contributed by atoms with Crippen molar-refractivity contribution in [1.82, 2.24) is 10.3 Å². The Hall–Kier alpha value is -1.33. The van der Waals surface area contributed by atoms with E-state index in [0.29, 0.717) is 5.25 Å². The molecular formula is C15H17N3S2. The van der Waals surface area contributed by atoms with E-state index in [1.807, 2.05) is 11.6 Å². The molecule has 0 bridgehead atoms. The van der Waals surface area contributed by atoms with Crippen molar-refractivity contribution in [3.63, 3.8) is 0 Å². The van der Waals surface area contributed by atoms with Crippen molar-refractivity contribution < 1.29 is 0 Å². The number of amidine groups is 1. The number of aromatic nitrogens is 1. The highest BCUT2D eigenvalue weighted by Gasteiger charge is 2.28. The van der Waals surface area contributed by atoms with Crippen molar-refractivity contribution in [1.29, 1.82) is 0 Å². The van der Waals surface area contributed by atoms with Crippen LogP contribution in [0.1, 0.15) is 29.7 Å². The summed E-state index contributed by atoms with van der Waals surface area (Å²) in [6.45, 7) is 5.13. The summed E-state index contributed by atoms with van der Waals surface area (Å²) in [4.78, 5) is 9.03. The van der Waals surface area contributed by atoms with E-state index >= 15 is 0 Å². The van der Waals surface area contributed by atoms with Gasteiger partial charge in [0.2, 0.25) is 0 Å². The first kappa shape index (κ1) is 13.6. The SMILES string of the molecule is CC(C)(NC1=NCC(c2ccccc2)S1)c1nccs1. The zero-order chi connectivity index (χ0) is 14.0. The molecule has 1 unspecified atom stereocenters. The van der Waals surface area contributed by atoms with Crippen LogP contribution in [0.5, 0.6) is 0 Å². The fourth-order valence-electron chi connectivity index (χ4n) is 2.14. The summed E-state index contributed by atoms with van der Waals surface area (Å²) in [6, 6.07) is 10.6. The molecule has 1 atom stereocenters. The number of thioether (sulfide) groups is 1. The van der Waals surface area contributed by atoms with Crippen molar-refractivity contribution in [2.75, 3.05) is 6.54 Å². The van der Waals surface area contributed by atoms with Gasteiger partial charge in [-0.1, -0.05) is 42.1 Å². The van der Waals surface area contributed by atoms with E-state index in [9.17, 15) is 0 Å². The highest BCUT2D eigenvalue weighted by molar-refractivity contribution is 8.14. The standard InChI is InChI=1S/C15H17N3S2/c1-15(2,13-16-8-9-19-13)18-14-17-10-12(20-14)11-6-4-3-5-7-11/h3-9,12H,10H2,1-2H3,(H,17,18). The molecule has 3 nitrogen and oxygen atoms in total. The van der Waals surface area contributed by atoms with Crippen molar-refractivity contribution >= 4 is 28.3 Å². The molecule has 1 aromatic heterocycles. The van der Waals surface area contributed by atoms with E-state index in [-0.39, 0.29) is 5.54 Å². The largest absolute Gasteiger partial charge is 0.354 e. The van der Waals surface area contributed by atoms with Gasteiger partial charge in [0.05, 0.1) is 17.3 Å². The molecule has 3 rings (SSSR count). The molecule has 20 heavy (non-hydrogen) atoms. The number of benzene rings is 1. The van der Waals surface area contributed by atoms with Gasteiger partial charge in [0.15, 0.2) is 5.17 Å². The maximum Gasteiger partial charge on any atom is 0.158 e. The molecule has 104 valence electrons. The topological polar surface area (TPSA) is 37.3 Å². The van der Waals surface area contributed by atoms with E-state index < -0.39 is 0 Å². The van der Waals surface area contributed by atoms with Gasteiger partial charge in [-0.2, -0.15) is 0 Å². The Balaban J connectivity index is 1.66. The highest BCUT2D eigenvalue weighted by atomic mass is 32.2. The monoisotopic (exact) mass is 303 g/mol. The molecule has 1 aromatic carbocycles. The van der Waals surface area contributed by atoms with Crippen molar-refractivity contribution in [2.45, 2.75) is 24.6 Å². The van der Waals surface area contributed by atoms with Crippen LogP contribution in [0.2, 0.25) is 0 Å². The molecule has 0 saturated heterocycles. The lowest BCUT2D eigenvalue weighted by Gasteiger charge is -2.24. The number of hydrogen-bond donors (Lipinski definition) is 1. The van der Waals surface area contributed by atoms with Crippen LogP contribution in [-0.2, 0) is 5.54 Å². The Morgan fingerprint density at radius 3 is 2.75 bits per heavy atom. The number of nitrogens with one attached hydrogen (secondary N) is 1. The molecule has 0 fully saturated rings. The summed E-state index contributed by atoms with van der Waals surface area (Å²) >= 11 is 3.48. The Morgan fingerprint density at radius 2 is 2.05 bits per heavy atom. The van der Waals surface area contributed by atoms with Gasteiger partial charge >= 0.3 is 0 Å². The van der Waals surface area contributed by atoms with E-state index in [1.54, 1.807) is 23.1 Å². The van der Waals surface area contributed by atoms with Crippen LogP contribution in [0.25, 0.3) is 0 Å². The van der Waals surface area contributed by atoms with Gasteiger partial charge < -0.3 is 5.32 Å². The van der Waals surface area contributed by atoms with Gasteiger partial charge in [-0.25, -0.2) is 4.98 Å². The Labute approximate surface area is 127 Å². The van der Waals surface area contributed by atoms with Crippen molar-refractivity contribution in [3.8, 4) is 0 Å². The van der Waals surface area contributed by atoms with Crippen LogP contribution in [0.3, 0.4) is 0 Å². The first-order valence-corrected chi connectivity index (χ1v) is 8.35. The maximum absolute atomic E-state index is 4.63. The third kappa shape index (κ3) is 2.88. The van der Waals surface area contributed by atoms with Gasteiger partial charge in [-0.05, 0) is 19.4 Å². The predicted octanol–water partition coefficient (Wildman–Crippen LogP) is 3.81. The molecule has 2 aromatic rings. The zero-order valence-electron chi connectivity index (χ0n) is 11.5. The van der Waals surface area contributed by atoms with Crippen LogP contribution in [0.4, 0.5) is 0 Å². The van der Waals surface area contributed by atoms with E-state index in [2.05, 4.69) is 59.5 Å². The summed E-state index contributed by atoms with van der Waals surface area (Å²) in [5, 5.41) is 8.05. The highest BCUT2D eigenvalue weighted by Crippen LogP contribution is 2.35. The lowest BCUT2D eigenvalue weighted by atomic mass is 10.1. The minimum absolute atomic E-state index is 0.175. The van der Waals surface area contributed by atoms with E-state index in [1.165, 1.54) is 5.56 Å². The van der Waals surface area contributed by atoms with Gasteiger partial charge in [-0.15, -0.1) is 11.3 Å². The molecule has 0 amide bonds. The molecule has 1 aliphatic rings. The molecule has 2 heterocycles. The smallest absolute Gasteiger partial charge is 0.158 e. The van der Waals surface area contributed by atoms with Gasteiger partial charge in [0, 0.05) is 11.6 Å². The number of nitrogens with zero attached hydrogens (tertiary/aromatic N) is 2. The number of rotatable bonds is 3. The Morgan fingerprint density at radius 1 is 1.25 bits per heavy atom. The third-order valence-corrected chi connectivity index (χ3v) is 5.47. The van der Waals surface area contributed by atoms with E-state index in [4.69, 9.17) is 0 Å².